The Hall–Kier alpha value is -0.400. The minimum Gasteiger partial charge on any atom is -0.287 e. The summed E-state index contributed by atoms with van der Waals surface area (Å²) in [7, 11) is 0. The average Bonchev–Trinajstić information content (AvgIpc) is 1.97. The summed E-state index contributed by atoms with van der Waals surface area (Å²) in [5, 5.41) is -1.11. The summed E-state index contributed by atoms with van der Waals surface area (Å²) < 4.78 is 73.8. The van der Waals surface area contributed by atoms with Crippen molar-refractivity contribution in [2.45, 2.75) is 12.4 Å². The predicted molar refractivity (Wildman–Crippen MR) is 40.9 cm³/mol. The number of hydrogen-bond donors (Lipinski definition) is 0. The van der Waals surface area contributed by atoms with E-state index in [9.17, 15) is 31.1 Å². The van der Waals surface area contributed by atoms with Gasteiger partial charge in [-0.05, 0) is 6.92 Å². The molecule has 15 heavy (non-hydrogen) atoms. The molecule has 1 atom stereocenters. The van der Waals surface area contributed by atoms with Crippen LogP contribution in [0.15, 0.2) is 0 Å². The van der Waals surface area contributed by atoms with E-state index in [0.717, 1.165) is 0 Å². The largest absolute Gasteiger partial charge is 0.403 e. The van der Waals surface area contributed by atoms with Gasteiger partial charge in [-0.15, -0.1) is 0 Å². The van der Waals surface area contributed by atoms with Crippen LogP contribution < -0.4 is 0 Å². The Morgan fingerprint density at radius 1 is 1.13 bits per heavy atom. The van der Waals surface area contributed by atoms with Crippen LogP contribution >= 0.6 is 11.8 Å². The van der Waals surface area contributed by atoms with E-state index in [0.29, 0.717) is 11.8 Å². The zero-order valence-electron chi connectivity index (χ0n) is 7.08. The van der Waals surface area contributed by atoms with Crippen molar-refractivity contribution >= 4 is 16.9 Å². The second-order valence-electron chi connectivity index (χ2n) is 3.15. The second-order valence-corrected chi connectivity index (χ2v) is 4.17. The lowest BCUT2D eigenvalue weighted by Gasteiger charge is -2.42. The summed E-state index contributed by atoms with van der Waals surface area (Å²) in [5.41, 5.74) is -4.18. The molecule has 0 bridgehead atoms. The topological polar surface area (TPSA) is 17.1 Å². The fourth-order valence-corrected chi connectivity index (χ4v) is 2.09. The molecule has 0 aromatic carbocycles. The molecule has 0 aliphatic carbocycles. The summed E-state index contributed by atoms with van der Waals surface area (Å²) in [6, 6.07) is 0. The highest BCUT2D eigenvalue weighted by atomic mass is 32.2. The number of halogens is 6. The highest BCUT2D eigenvalue weighted by Gasteiger charge is 2.73. The monoisotopic (exact) mass is 251 g/mol. The standard InChI is InChI=1S/C7H5F6OS/c1-5(6(8,9)10,7(11,12)13)3-2-15-4(3)14/h3H,1-2H2. The van der Waals surface area contributed by atoms with Crippen molar-refractivity contribution in [1.82, 2.24) is 0 Å². The molecule has 1 saturated heterocycles. The summed E-state index contributed by atoms with van der Waals surface area (Å²) >= 11 is 0.448. The van der Waals surface area contributed by atoms with Crippen molar-refractivity contribution in [3.05, 3.63) is 6.92 Å². The average molecular weight is 251 g/mol. The van der Waals surface area contributed by atoms with Crippen molar-refractivity contribution in [1.29, 1.82) is 0 Å². The van der Waals surface area contributed by atoms with E-state index in [-0.39, 0.29) is 0 Å². The molecule has 1 aliphatic rings. The van der Waals surface area contributed by atoms with Gasteiger partial charge in [0, 0.05) is 5.75 Å². The van der Waals surface area contributed by atoms with Gasteiger partial charge in [-0.2, -0.15) is 26.3 Å². The number of thioether (sulfide) groups is 1. The fourth-order valence-electron chi connectivity index (χ4n) is 1.13. The number of rotatable bonds is 1. The molecule has 1 unspecified atom stereocenters. The van der Waals surface area contributed by atoms with Crippen LogP contribution in [0.5, 0.6) is 0 Å². The van der Waals surface area contributed by atoms with E-state index >= 15 is 0 Å². The third-order valence-corrected chi connectivity index (χ3v) is 3.35. The normalized spacial score (nSPS) is 23.9. The van der Waals surface area contributed by atoms with Gasteiger partial charge in [0.15, 0.2) is 10.5 Å². The first-order chi connectivity index (χ1) is 6.52. The maximum Gasteiger partial charge on any atom is 0.403 e. The maximum atomic E-state index is 12.3. The molecule has 8 heteroatoms. The molecule has 0 spiro atoms. The Labute approximate surface area is 85.2 Å². The van der Waals surface area contributed by atoms with Crippen LogP contribution in [-0.4, -0.2) is 23.2 Å². The number of carbonyl (C=O) groups is 1. The van der Waals surface area contributed by atoms with Crippen molar-refractivity contribution in [2.24, 2.45) is 11.3 Å². The van der Waals surface area contributed by atoms with Gasteiger partial charge in [0.1, 0.15) is 0 Å². The van der Waals surface area contributed by atoms with Gasteiger partial charge in [-0.25, -0.2) is 0 Å². The minimum absolute atomic E-state index is 0.448. The molecule has 1 nitrogen and oxygen atoms in total. The van der Waals surface area contributed by atoms with Crippen molar-refractivity contribution in [2.75, 3.05) is 5.75 Å². The Morgan fingerprint density at radius 2 is 1.53 bits per heavy atom. The lowest BCUT2D eigenvalue weighted by atomic mass is 9.76. The first kappa shape index (κ1) is 12.7. The third kappa shape index (κ3) is 1.72. The van der Waals surface area contributed by atoms with Gasteiger partial charge >= 0.3 is 12.4 Å². The minimum atomic E-state index is -5.58. The van der Waals surface area contributed by atoms with Gasteiger partial charge in [-0.3, -0.25) is 4.79 Å². The van der Waals surface area contributed by atoms with E-state index in [1.54, 1.807) is 0 Å². The zero-order valence-corrected chi connectivity index (χ0v) is 7.89. The first-order valence-corrected chi connectivity index (χ1v) is 4.66. The number of carbonyl (C=O) groups excluding carboxylic acids is 1. The fraction of sp³-hybridized carbons (Fsp3) is 0.714. The Bertz CT molecular complexity index is 266. The Morgan fingerprint density at radius 3 is 1.60 bits per heavy atom. The van der Waals surface area contributed by atoms with Crippen LogP contribution in [0.25, 0.3) is 0 Å². The molecule has 0 N–H and O–H groups in total. The van der Waals surface area contributed by atoms with Gasteiger partial charge < -0.3 is 0 Å². The van der Waals surface area contributed by atoms with Crippen LogP contribution in [0.1, 0.15) is 0 Å². The van der Waals surface area contributed by atoms with E-state index in [2.05, 4.69) is 6.92 Å². The second kappa shape index (κ2) is 3.29. The molecule has 1 aliphatic heterocycles. The zero-order chi connectivity index (χ0) is 12.1. The van der Waals surface area contributed by atoms with Gasteiger partial charge in [-0.1, -0.05) is 11.8 Å². The van der Waals surface area contributed by atoms with Crippen molar-refractivity contribution in [3.8, 4) is 0 Å². The molecule has 1 radical (unpaired) electrons. The van der Waals surface area contributed by atoms with E-state index in [4.69, 9.17) is 0 Å². The first-order valence-electron chi connectivity index (χ1n) is 3.67. The number of alkyl halides is 6. The Balaban J connectivity index is 3.13. The molecule has 0 saturated carbocycles. The molecular formula is C7H5F6OS. The van der Waals surface area contributed by atoms with E-state index in [1.165, 1.54) is 0 Å². The van der Waals surface area contributed by atoms with Crippen molar-refractivity contribution < 1.29 is 31.1 Å². The SMILES string of the molecule is [CH2]C(C1CSC1=O)(C(F)(F)F)C(F)(F)F. The lowest BCUT2D eigenvalue weighted by Crippen LogP contribution is -2.58. The molecule has 1 heterocycles. The van der Waals surface area contributed by atoms with Crippen LogP contribution in [-0.2, 0) is 4.79 Å². The molecule has 0 aromatic rings. The Kier molecular flexibility index (Phi) is 2.78. The molecule has 0 aromatic heterocycles. The van der Waals surface area contributed by atoms with Crippen LogP contribution in [0, 0.1) is 18.3 Å². The third-order valence-electron chi connectivity index (χ3n) is 2.28. The summed E-state index contributed by atoms with van der Waals surface area (Å²) in [5.74, 6) is -2.62. The smallest absolute Gasteiger partial charge is 0.287 e. The summed E-state index contributed by atoms with van der Waals surface area (Å²) in [4.78, 5) is 10.7. The highest BCUT2D eigenvalue weighted by Crippen LogP contribution is 2.58. The van der Waals surface area contributed by atoms with E-state index in [1.807, 2.05) is 0 Å². The molecule has 0 amide bonds. The highest BCUT2D eigenvalue weighted by molar-refractivity contribution is 8.15. The van der Waals surface area contributed by atoms with Gasteiger partial charge in [0.05, 0.1) is 5.92 Å². The lowest BCUT2D eigenvalue weighted by molar-refractivity contribution is -0.334. The molecule has 1 fully saturated rings. The van der Waals surface area contributed by atoms with Crippen LogP contribution in [0.4, 0.5) is 26.3 Å². The molecular weight excluding hydrogens is 246 g/mol. The summed E-state index contributed by atoms with van der Waals surface area (Å²) in [6.45, 7) is 2.20. The van der Waals surface area contributed by atoms with Gasteiger partial charge in [0.25, 0.3) is 0 Å². The quantitative estimate of drug-likeness (QED) is 0.666. The maximum absolute atomic E-state index is 12.3. The van der Waals surface area contributed by atoms with Gasteiger partial charge in [0.2, 0.25) is 0 Å². The van der Waals surface area contributed by atoms with E-state index < -0.39 is 34.6 Å². The van der Waals surface area contributed by atoms with Crippen LogP contribution in [0.2, 0.25) is 0 Å². The summed E-state index contributed by atoms with van der Waals surface area (Å²) in [6.07, 6.45) is -11.2. The van der Waals surface area contributed by atoms with Crippen LogP contribution in [0.3, 0.4) is 0 Å². The molecule has 1 rings (SSSR count). The van der Waals surface area contributed by atoms with Crippen molar-refractivity contribution in [3.63, 3.8) is 0 Å². The number of hydrogen-bond acceptors (Lipinski definition) is 2. The molecule has 87 valence electrons. The predicted octanol–water partition coefficient (Wildman–Crippen LogP) is 2.82.